The lowest BCUT2D eigenvalue weighted by Gasteiger charge is -2.34. The van der Waals surface area contributed by atoms with Crippen molar-refractivity contribution < 1.29 is 13.2 Å². The molecule has 5 aromatic rings. The van der Waals surface area contributed by atoms with E-state index in [2.05, 4.69) is 32.2 Å². The van der Waals surface area contributed by atoms with Gasteiger partial charge in [-0.15, -0.1) is 11.3 Å². The summed E-state index contributed by atoms with van der Waals surface area (Å²) in [5.41, 5.74) is 4.86. The maximum Gasteiger partial charge on any atom is 0.192 e. The van der Waals surface area contributed by atoms with Gasteiger partial charge in [0, 0.05) is 58.3 Å². The number of nitrogens with zero attached hydrogens (tertiary/aromatic N) is 5. The van der Waals surface area contributed by atoms with Gasteiger partial charge in [0.1, 0.15) is 5.65 Å². The van der Waals surface area contributed by atoms with E-state index in [1.807, 2.05) is 31.3 Å². The van der Waals surface area contributed by atoms with Crippen LogP contribution in [0.5, 0.6) is 0 Å². The Morgan fingerprint density at radius 3 is 2.78 bits per heavy atom. The maximum absolute atomic E-state index is 12.0. The second-order valence-corrected chi connectivity index (χ2v) is 11.8. The fraction of sp³-hybridized carbons (Fsp3) is 0.280. The van der Waals surface area contributed by atoms with E-state index in [-0.39, 0.29) is 11.1 Å². The van der Waals surface area contributed by atoms with Crippen LogP contribution in [-0.2, 0) is 14.6 Å². The molecule has 5 aromatic heterocycles. The van der Waals surface area contributed by atoms with Crippen molar-refractivity contribution in [3.8, 4) is 22.5 Å². The molecular formula is C25H24N6O3S2. The number of sulfone groups is 1. The molecule has 0 spiro atoms. The van der Waals surface area contributed by atoms with E-state index in [0.717, 1.165) is 50.3 Å². The minimum absolute atomic E-state index is 0.0627. The summed E-state index contributed by atoms with van der Waals surface area (Å²) in [7, 11) is -3.40. The van der Waals surface area contributed by atoms with Crippen LogP contribution in [0.15, 0.2) is 47.1 Å². The Hall–Kier alpha value is -3.41. The van der Waals surface area contributed by atoms with Gasteiger partial charge in [0.25, 0.3) is 0 Å². The van der Waals surface area contributed by atoms with E-state index in [1.54, 1.807) is 23.6 Å². The zero-order chi connectivity index (χ0) is 25.0. The van der Waals surface area contributed by atoms with Gasteiger partial charge in [0.15, 0.2) is 26.5 Å². The van der Waals surface area contributed by atoms with E-state index < -0.39 is 9.84 Å². The normalized spacial score (nSPS) is 16.8. The summed E-state index contributed by atoms with van der Waals surface area (Å²) in [6.07, 6.45) is 4.81. The lowest BCUT2D eigenvalue weighted by atomic mass is 10.1. The molecule has 0 amide bonds. The fourth-order valence-electron chi connectivity index (χ4n) is 4.62. The van der Waals surface area contributed by atoms with Crippen LogP contribution in [0.3, 0.4) is 0 Å². The van der Waals surface area contributed by atoms with Crippen molar-refractivity contribution in [1.82, 2.24) is 24.9 Å². The van der Waals surface area contributed by atoms with Crippen molar-refractivity contribution >= 4 is 48.2 Å². The first-order valence-electron chi connectivity index (χ1n) is 11.6. The zero-order valence-corrected chi connectivity index (χ0v) is 21.7. The molecule has 6 rings (SSSR count). The molecule has 11 heteroatoms. The number of nitrogens with one attached hydrogen (secondary N) is 1. The third-order valence-corrected chi connectivity index (χ3v) is 8.41. The van der Waals surface area contributed by atoms with Crippen LogP contribution in [0, 0.1) is 6.92 Å². The van der Waals surface area contributed by atoms with Gasteiger partial charge in [-0.1, -0.05) is 0 Å². The van der Waals surface area contributed by atoms with E-state index in [4.69, 9.17) is 14.7 Å². The van der Waals surface area contributed by atoms with Crippen LogP contribution in [-0.4, -0.2) is 65.4 Å². The SMILES string of the molecule is Cc1nc(S(C)(=O)=O)ccc1-c1csc2c(N3CCOC[C@H]3C)nc(-c3c[nH]c4ncccc34)nc12. The minimum atomic E-state index is -3.40. The zero-order valence-electron chi connectivity index (χ0n) is 20.0. The molecule has 1 N–H and O–H groups in total. The molecule has 0 unspecified atom stereocenters. The molecule has 9 nitrogen and oxygen atoms in total. The average Bonchev–Trinajstić information content (AvgIpc) is 3.48. The topological polar surface area (TPSA) is 114 Å². The monoisotopic (exact) mass is 520 g/mol. The van der Waals surface area contributed by atoms with Crippen LogP contribution >= 0.6 is 11.3 Å². The van der Waals surface area contributed by atoms with Crippen molar-refractivity contribution in [2.45, 2.75) is 24.9 Å². The second-order valence-electron chi connectivity index (χ2n) is 8.97. The fourth-order valence-corrected chi connectivity index (χ4v) is 6.25. The van der Waals surface area contributed by atoms with Crippen LogP contribution in [0.25, 0.3) is 43.8 Å². The summed E-state index contributed by atoms with van der Waals surface area (Å²) in [6, 6.07) is 7.44. The van der Waals surface area contributed by atoms with E-state index in [9.17, 15) is 8.42 Å². The Balaban J connectivity index is 1.60. The first-order valence-corrected chi connectivity index (χ1v) is 14.3. The number of morpholine rings is 1. The van der Waals surface area contributed by atoms with E-state index in [1.165, 1.54) is 6.26 Å². The smallest absolute Gasteiger partial charge is 0.192 e. The van der Waals surface area contributed by atoms with Gasteiger partial charge in [-0.3, -0.25) is 0 Å². The summed E-state index contributed by atoms with van der Waals surface area (Å²) in [6.45, 7) is 5.96. The highest BCUT2D eigenvalue weighted by Gasteiger charge is 2.26. The first-order chi connectivity index (χ1) is 17.3. The number of H-pyrrole nitrogens is 1. The number of hydrogen-bond acceptors (Lipinski definition) is 9. The van der Waals surface area contributed by atoms with Gasteiger partial charge in [-0.05, 0) is 38.1 Å². The Morgan fingerprint density at radius 1 is 1.14 bits per heavy atom. The summed E-state index contributed by atoms with van der Waals surface area (Å²) < 4.78 is 30.7. The first kappa shape index (κ1) is 23.0. The van der Waals surface area contributed by atoms with Crippen molar-refractivity contribution in [1.29, 1.82) is 0 Å². The molecule has 1 atom stereocenters. The Kier molecular flexibility index (Phi) is 5.51. The van der Waals surface area contributed by atoms with Gasteiger partial charge in [0.05, 0.1) is 29.5 Å². The van der Waals surface area contributed by atoms with Gasteiger partial charge in [0.2, 0.25) is 0 Å². The van der Waals surface area contributed by atoms with E-state index >= 15 is 0 Å². The third-order valence-electron chi connectivity index (χ3n) is 6.46. The molecule has 1 saturated heterocycles. The van der Waals surface area contributed by atoms with Crippen molar-refractivity contribution in [3.63, 3.8) is 0 Å². The van der Waals surface area contributed by atoms with Crippen LogP contribution in [0.4, 0.5) is 5.82 Å². The quantitative estimate of drug-likeness (QED) is 0.374. The van der Waals surface area contributed by atoms with Crippen LogP contribution in [0.1, 0.15) is 12.6 Å². The average molecular weight is 521 g/mol. The molecule has 0 bridgehead atoms. The molecule has 0 aliphatic carbocycles. The number of aromatic amines is 1. The van der Waals surface area contributed by atoms with Gasteiger partial charge in [-0.2, -0.15) is 0 Å². The Bertz CT molecular complexity index is 1730. The van der Waals surface area contributed by atoms with Crippen LogP contribution in [0.2, 0.25) is 0 Å². The number of anilines is 1. The summed E-state index contributed by atoms with van der Waals surface area (Å²) >= 11 is 1.59. The summed E-state index contributed by atoms with van der Waals surface area (Å²) in [5, 5.41) is 3.07. The number of aromatic nitrogens is 5. The lowest BCUT2D eigenvalue weighted by molar-refractivity contribution is 0.0987. The van der Waals surface area contributed by atoms with E-state index in [0.29, 0.717) is 24.7 Å². The highest BCUT2D eigenvalue weighted by atomic mass is 32.2. The molecule has 6 heterocycles. The van der Waals surface area contributed by atoms with Crippen molar-refractivity contribution in [3.05, 3.63) is 47.7 Å². The number of ether oxygens (including phenoxy) is 1. The van der Waals surface area contributed by atoms with Gasteiger partial charge >= 0.3 is 0 Å². The second kappa shape index (κ2) is 8.61. The number of hydrogen-bond donors (Lipinski definition) is 1. The summed E-state index contributed by atoms with van der Waals surface area (Å²) in [5.74, 6) is 1.48. The molecule has 0 radical (unpaired) electrons. The predicted octanol–water partition coefficient (Wildman–Crippen LogP) is 4.23. The lowest BCUT2D eigenvalue weighted by Crippen LogP contribution is -2.44. The Labute approximate surface area is 212 Å². The standard InChI is InChI=1S/C25H24N6O3S2/c1-14-12-34-10-9-31(14)25-22-21(29-24(30-25)18-11-27-23-17(18)5-4-8-26-23)19(13-35-22)16-6-7-20(28-15(16)2)36(3,32)33/h4-8,11,13-14H,9-10,12H2,1-3H3,(H,26,27)/t14-/m1/s1. The molecule has 1 aliphatic rings. The highest BCUT2D eigenvalue weighted by molar-refractivity contribution is 7.90. The third kappa shape index (κ3) is 3.83. The van der Waals surface area contributed by atoms with Crippen LogP contribution < -0.4 is 4.90 Å². The Morgan fingerprint density at radius 2 is 2.00 bits per heavy atom. The molecular weight excluding hydrogens is 496 g/mol. The van der Waals surface area contributed by atoms with Crippen molar-refractivity contribution in [2.75, 3.05) is 30.9 Å². The molecule has 0 aromatic carbocycles. The van der Waals surface area contributed by atoms with Gasteiger partial charge < -0.3 is 14.6 Å². The molecule has 1 fully saturated rings. The number of aryl methyl sites for hydroxylation is 1. The number of fused-ring (bicyclic) bond motifs is 2. The molecule has 0 saturated carbocycles. The predicted molar refractivity (Wildman–Crippen MR) is 141 cm³/mol. The number of pyridine rings is 2. The largest absolute Gasteiger partial charge is 0.377 e. The summed E-state index contributed by atoms with van der Waals surface area (Å²) in [4.78, 5) is 24.4. The minimum Gasteiger partial charge on any atom is -0.377 e. The highest BCUT2D eigenvalue weighted by Crippen LogP contribution is 2.41. The number of rotatable bonds is 4. The molecule has 36 heavy (non-hydrogen) atoms. The number of thiophene rings is 1. The molecule has 184 valence electrons. The maximum atomic E-state index is 12.0. The van der Waals surface area contributed by atoms with Gasteiger partial charge in [-0.25, -0.2) is 28.4 Å². The molecule has 1 aliphatic heterocycles. The van der Waals surface area contributed by atoms with Crippen molar-refractivity contribution in [2.24, 2.45) is 0 Å².